The van der Waals surface area contributed by atoms with Gasteiger partial charge in [-0.15, -0.1) is 0 Å². The van der Waals surface area contributed by atoms with Crippen LogP contribution in [0.5, 0.6) is 0 Å². The standard InChI is InChI=1S/C19H31N3O3S/c1-2-26(23,24)22-11-6-9-18(22)19-16-14-25-12-10-17(16)21(20-19)13-15-7-4-3-5-8-15/h15,18H,2-14H2,1H3. The number of hydrogen-bond donors (Lipinski definition) is 0. The van der Waals surface area contributed by atoms with Crippen LogP contribution in [0.4, 0.5) is 0 Å². The van der Waals surface area contributed by atoms with E-state index >= 15 is 0 Å². The summed E-state index contributed by atoms with van der Waals surface area (Å²) in [5, 5.41) is 5.00. The lowest BCUT2D eigenvalue weighted by molar-refractivity contribution is 0.107. The molecule has 146 valence electrons. The molecule has 3 aliphatic rings. The van der Waals surface area contributed by atoms with Gasteiger partial charge in [0.05, 0.1) is 30.7 Å². The monoisotopic (exact) mass is 381 g/mol. The third-order valence-electron chi connectivity index (χ3n) is 6.32. The summed E-state index contributed by atoms with van der Waals surface area (Å²) in [6.07, 6.45) is 9.27. The summed E-state index contributed by atoms with van der Waals surface area (Å²) in [6.45, 7) is 4.64. The summed E-state index contributed by atoms with van der Waals surface area (Å²) in [5.74, 6) is 0.868. The first kappa shape index (κ1) is 18.4. The number of sulfonamides is 1. The second-order valence-electron chi connectivity index (χ2n) is 7.97. The molecule has 2 aliphatic heterocycles. The molecule has 1 aromatic rings. The highest BCUT2D eigenvalue weighted by molar-refractivity contribution is 7.89. The first-order valence-electron chi connectivity index (χ1n) is 10.3. The Morgan fingerprint density at radius 1 is 1.15 bits per heavy atom. The predicted molar refractivity (Wildman–Crippen MR) is 100 cm³/mol. The van der Waals surface area contributed by atoms with Crippen molar-refractivity contribution in [2.75, 3.05) is 18.9 Å². The van der Waals surface area contributed by atoms with Crippen molar-refractivity contribution in [2.24, 2.45) is 5.92 Å². The zero-order valence-electron chi connectivity index (χ0n) is 15.8. The quantitative estimate of drug-likeness (QED) is 0.786. The topological polar surface area (TPSA) is 64.4 Å². The Kier molecular flexibility index (Phi) is 5.39. The Morgan fingerprint density at radius 3 is 2.73 bits per heavy atom. The molecule has 3 heterocycles. The molecule has 1 saturated heterocycles. The molecule has 7 heteroatoms. The fraction of sp³-hybridized carbons (Fsp3) is 0.842. The lowest BCUT2D eigenvalue weighted by Gasteiger charge is -2.23. The molecule has 6 nitrogen and oxygen atoms in total. The van der Waals surface area contributed by atoms with Crippen molar-refractivity contribution in [3.63, 3.8) is 0 Å². The van der Waals surface area contributed by atoms with E-state index in [4.69, 9.17) is 9.84 Å². The van der Waals surface area contributed by atoms with Gasteiger partial charge in [0, 0.05) is 30.8 Å². The second-order valence-corrected chi connectivity index (χ2v) is 10.2. The van der Waals surface area contributed by atoms with Gasteiger partial charge in [-0.2, -0.15) is 9.40 Å². The SMILES string of the molecule is CCS(=O)(=O)N1CCCC1c1nn(CC2CCCCC2)c2c1COCC2. The molecular formula is C19H31N3O3S. The minimum Gasteiger partial charge on any atom is -0.376 e. The van der Waals surface area contributed by atoms with Crippen LogP contribution in [0, 0.1) is 5.92 Å². The van der Waals surface area contributed by atoms with Gasteiger partial charge in [0.2, 0.25) is 10.0 Å². The highest BCUT2D eigenvalue weighted by Gasteiger charge is 2.38. The Labute approximate surface area is 156 Å². The molecule has 0 radical (unpaired) electrons. The predicted octanol–water partition coefficient (Wildman–Crippen LogP) is 3.02. The van der Waals surface area contributed by atoms with Crippen LogP contribution in [0.2, 0.25) is 0 Å². The molecule has 26 heavy (non-hydrogen) atoms. The van der Waals surface area contributed by atoms with Gasteiger partial charge in [-0.1, -0.05) is 19.3 Å². The average molecular weight is 382 g/mol. The molecular weight excluding hydrogens is 350 g/mol. The fourth-order valence-corrected chi connectivity index (χ4v) is 6.21. The van der Waals surface area contributed by atoms with Crippen LogP contribution in [0.3, 0.4) is 0 Å². The molecule has 2 fully saturated rings. The summed E-state index contributed by atoms with van der Waals surface area (Å²) in [6, 6.07) is -0.108. The molecule has 1 atom stereocenters. The lowest BCUT2D eigenvalue weighted by atomic mass is 9.89. The van der Waals surface area contributed by atoms with Gasteiger partial charge in [0.1, 0.15) is 0 Å². The largest absolute Gasteiger partial charge is 0.376 e. The van der Waals surface area contributed by atoms with Crippen molar-refractivity contribution in [1.82, 2.24) is 14.1 Å². The number of rotatable bonds is 5. The summed E-state index contributed by atoms with van der Waals surface area (Å²) in [5.41, 5.74) is 3.41. The van der Waals surface area contributed by atoms with E-state index in [1.165, 1.54) is 37.8 Å². The maximum atomic E-state index is 12.5. The number of hydrogen-bond acceptors (Lipinski definition) is 4. The van der Waals surface area contributed by atoms with Gasteiger partial charge in [0.15, 0.2) is 0 Å². The van der Waals surface area contributed by atoms with E-state index < -0.39 is 10.0 Å². The van der Waals surface area contributed by atoms with E-state index in [0.29, 0.717) is 19.1 Å². The van der Waals surface area contributed by atoms with Crippen molar-refractivity contribution in [1.29, 1.82) is 0 Å². The normalized spacial score (nSPS) is 25.5. The van der Waals surface area contributed by atoms with Crippen LogP contribution in [0.25, 0.3) is 0 Å². The van der Waals surface area contributed by atoms with Crippen LogP contribution in [0.15, 0.2) is 0 Å². The molecule has 1 aromatic heterocycles. The molecule has 1 aliphatic carbocycles. The van der Waals surface area contributed by atoms with Crippen molar-refractivity contribution in [2.45, 2.75) is 77.5 Å². The zero-order valence-corrected chi connectivity index (χ0v) is 16.6. The summed E-state index contributed by atoms with van der Waals surface area (Å²) >= 11 is 0. The van der Waals surface area contributed by atoms with Gasteiger partial charge in [0.25, 0.3) is 0 Å². The van der Waals surface area contributed by atoms with Crippen LogP contribution < -0.4 is 0 Å². The number of ether oxygens (including phenoxy) is 1. The van der Waals surface area contributed by atoms with E-state index in [2.05, 4.69) is 4.68 Å². The van der Waals surface area contributed by atoms with Gasteiger partial charge in [-0.3, -0.25) is 4.68 Å². The number of nitrogens with zero attached hydrogens (tertiary/aromatic N) is 3. The molecule has 1 saturated carbocycles. The van der Waals surface area contributed by atoms with E-state index in [1.54, 1.807) is 11.2 Å². The smallest absolute Gasteiger partial charge is 0.214 e. The van der Waals surface area contributed by atoms with Gasteiger partial charge in [-0.25, -0.2) is 8.42 Å². The maximum absolute atomic E-state index is 12.5. The third-order valence-corrected chi connectivity index (χ3v) is 8.21. The van der Waals surface area contributed by atoms with Gasteiger partial charge >= 0.3 is 0 Å². The first-order chi connectivity index (χ1) is 12.6. The van der Waals surface area contributed by atoms with E-state index in [9.17, 15) is 8.42 Å². The minimum absolute atomic E-state index is 0.108. The van der Waals surface area contributed by atoms with E-state index in [0.717, 1.165) is 43.7 Å². The zero-order chi connectivity index (χ0) is 18.1. The number of aromatic nitrogens is 2. The summed E-state index contributed by atoms with van der Waals surface area (Å²) < 4.78 is 34.7. The van der Waals surface area contributed by atoms with Crippen LogP contribution >= 0.6 is 0 Å². The molecule has 0 N–H and O–H groups in total. The maximum Gasteiger partial charge on any atom is 0.214 e. The Morgan fingerprint density at radius 2 is 1.96 bits per heavy atom. The first-order valence-corrected chi connectivity index (χ1v) is 11.9. The molecule has 0 spiro atoms. The fourth-order valence-electron chi connectivity index (χ4n) is 4.88. The molecule has 0 aromatic carbocycles. The van der Waals surface area contributed by atoms with Crippen LogP contribution in [0.1, 0.15) is 74.9 Å². The van der Waals surface area contributed by atoms with Gasteiger partial charge < -0.3 is 4.74 Å². The Bertz CT molecular complexity index is 737. The minimum atomic E-state index is -3.20. The highest BCUT2D eigenvalue weighted by atomic mass is 32.2. The number of fused-ring (bicyclic) bond motifs is 1. The van der Waals surface area contributed by atoms with Crippen molar-refractivity contribution < 1.29 is 13.2 Å². The second kappa shape index (κ2) is 7.60. The van der Waals surface area contributed by atoms with Crippen LogP contribution in [-0.4, -0.2) is 41.4 Å². The molecule has 0 amide bonds. The van der Waals surface area contributed by atoms with Gasteiger partial charge in [-0.05, 0) is 38.5 Å². The third kappa shape index (κ3) is 3.45. The Hall–Kier alpha value is -0.920. The van der Waals surface area contributed by atoms with Crippen molar-refractivity contribution >= 4 is 10.0 Å². The molecule has 1 unspecified atom stereocenters. The average Bonchev–Trinajstić information content (AvgIpc) is 3.28. The van der Waals surface area contributed by atoms with Crippen molar-refractivity contribution in [3.05, 3.63) is 17.0 Å². The van der Waals surface area contributed by atoms with E-state index in [-0.39, 0.29) is 11.8 Å². The highest BCUT2D eigenvalue weighted by Crippen LogP contribution is 2.38. The van der Waals surface area contributed by atoms with Crippen LogP contribution in [-0.2, 0) is 34.3 Å². The van der Waals surface area contributed by atoms with E-state index in [1.807, 2.05) is 0 Å². The Balaban J connectivity index is 1.65. The van der Waals surface area contributed by atoms with Crippen molar-refractivity contribution in [3.8, 4) is 0 Å². The molecule has 0 bridgehead atoms. The lowest BCUT2D eigenvalue weighted by Crippen LogP contribution is -2.32. The molecule has 4 rings (SSSR count). The summed E-state index contributed by atoms with van der Waals surface area (Å²) in [4.78, 5) is 0. The summed E-state index contributed by atoms with van der Waals surface area (Å²) in [7, 11) is -3.20.